The molecule has 0 spiro atoms. The molecule has 1 aromatic carbocycles. The summed E-state index contributed by atoms with van der Waals surface area (Å²) in [7, 11) is 0. The van der Waals surface area contributed by atoms with E-state index >= 15 is 0 Å². The fraction of sp³-hybridized carbons (Fsp3) is 0.308. The maximum atomic E-state index is 11.9. The topological polar surface area (TPSA) is 29.1 Å². The summed E-state index contributed by atoms with van der Waals surface area (Å²) in [6.07, 6.45) is 5.32. The minimum absolute atomic E-state index is 0.160. The number of aryl methyl sites for hydroxylation is 1. The van der Waals surface area contributed by atoms with Gasteiger partial charge in [0.05, 0.1) is 5.54 Å². The Morgan fingerprint density at radius 2 is 2.06 bits per heavy atom. The minimum atomic E-state index is -0.632. The smallest absolute Gasteiger partial charge is 0.252 e. The van der Waals surface area contributed by atoms with Gasteiger partial charge in [0, 0.05) is 10.0 Å². The first-order chi connectivity index (χ1) is 7.34. The summed E-state index contributed by atoms with van der Waals surface area (Å²) in [5, 5.41) is 2.78. The van der Waals surface area contributed by atoms with Crippen LogP contribution in [0.3, 0.4) is 0 Å². The van der Waals surface area contributed by atoms with Crippen molar-refractivity contribution in [2.24, 2.45) is 0 Å². The van der Waals surface area contributed by atoms with Crippen LogP contribution in [0.2, 0.25) is 0 Å². The first kappa shape index (κ1) is 12.8. The third-order valence-electron chi connectivity index (χ3n) is 2.09. The van der Waals surface area contributed by atoms with Gasteiger partial charge in [-0.2, -0.15) is 0 Å². The van der Waals surface area contributed by atoms with E-state index in [0.29, 0.717) is 5.56 Å². The van der Waals surface area contributed by atoms with E-state index in [1.54, 1.807) is 19.9 Å². The van der Waals surface area contributed by atoms with E-state index in [1.807, 2.05) is 19.1 Å². The Hall–Kier alpha value is -1.27. The molecule has 1 rings (SSSR count). The second-order valence-electron chi connectivity index (χ2n) is 4.24. The maximum Gasteiger partial charge on any atom is 0.252 e. The zero-order valence-electron chi connectivity index (χ0n) is 9.60. The van der Waals surface area contributed by atoms with E-state index in [1.165, 1.54) is 0 Å². The minimum Gasteiger partial charge on any atom is -0.336 e. The first-order valence-electron chi connectivity index (χ1n) is 4.91. The van der Waals surface area contributed by atoms with Crippen LogP contribution in [-0.4, -0.2) is 11.4 Å². The molecule has 84 valence electrons. The Kier molecular flexibility index (Phi) is 3.77. The molecule has 0 aliphatic heterocycles. The highest BCUT2D eigenvalue weighted by atomic mass is 79.9. The van der Waals surface area contributed by atoms with Gasteiger partial charge in [-0.1, -0.05) is 21.9 Å². The Morgan fingerprint density at radius 1 is 1.44 bits per heavy atom. The molecule has 16 heavy (non-hydrogen) atoms. The lowest BCUT2D eigenvalue weighted by molar-refractivity contribution is 0.0929. The number of halogens is 1. The van der Waals surface area contributed by atoms with Gasteiger partial charge in [0.1, 0.15) is 0 Å². The van der Waals surface area contributed by atoms with Crippen molar-refractivity contribution >= 4 is 21.8 Å². The molecule has 0 unspecified atom stereocenters. The van der Waals surface area contributed by atoms with Crippen molar-refractivity contribution < 1.29 is 4.79 Å². The number of terminal acetylenes is 1. The highest BCUT2D eigenvalue weighted by molar-refractivity contribution is 9.10. The third kappa shape index (κ3) is 3.39. The van der Waals surface area contributed by atoms with Gasteiger partial charge in [0.2, 0.25) is 0 Å². The molecule has 0 aliphatic carbocycles. The molecule has 1 amide bonds. The van der Waals surface area contributed by atoms with Crippen molar-refractivity contribution in [1.82, 2.24) is 5.32 Å². The van der Waals surface area contributed by atoms with Crippen molar-refractivity contribution in [2.45, 2.75) is 26.3 Å². The summed E-state index contributed by atoms with van der Waals surface area (Å²) in [6, 6.07) is 5.55. The van der Waals surface area contributed by atoms with Crippen molar-refractivity contribution in [2.75, 3.05) is 0 Å². The van der Waals surface area contributed by atoms with Crippen molar-refractivity contribution in [3.63, 3.8) is 0 Å². The van der Waals surface area contributed by atoms with Crippen LogP contribution in [0.4, 0.5) is 0 Å². The number of hydrogen-bond donors (Lipinski definition) is 1. The molecule has 0 aromatic heterocycles. The van der Waals surface area contributed by atoms with E-state index in [0.717, 1.165) is 10.0 Å². The van der Waals surface area contributed by atoms with E-state index in [-0.39, 0.29) is 5.91 Å². The fourth-order valence-corrected chi connectivity index (χ4v) is 1.87. The zero-order valence-corrected chi connectivity index (χ0v) is 11.2. The van der Waals surface area contributed by atoms with Crippen LogP contribution in [0.5, 0.6) is 0 Å². The molecule has 0 heterocycles. The summed E-state index contributed by atoms with van der Waals surface area (Å²) in [6.45, 7) is 5.51. The number of rotatable bonds is 2. The molecule has 0 atom stereocenters. The Balaban J connectivity index is 2.94. The lowest BCUT2D eigenvalue weighted by atomic mass is 10.1. The van der Waals surface area contributed by atoms with Crippen LogP contribution < -0.4 is 5.32 Å². The summed E-state index contributed by atoms with van der Waals surface area (Å²) in [5.41, 5.74) is 1.00. The maximum absolute atomic E-state index is 11.9. The molecule has 0 radical (unpaired) electrons. The van der Waals surface area contributed by atoms with E-state index in [2.05, 4.69) is 27.2 Å². The Bertz CT molecular complexity index is 437. The van der Waals surface area contributed by atoms with Crippen molar-refractivity contribution in [3.8, 4) is 12.3 Å². The molecule has 0 saturated heterocycles. The molecule has 0 aliphatic rings. The summed E-state index contributed by atoms with van der Waals surface area (Å²) in [4.78, 5) is 11.9. The summed E-state index contributed by atoms with van der Waals surface area (Å²) in [5.74, 6) is 2.37. The normalized spacial score (nSPS) is 10.7. The van der Waals surface area contributed by atoms with Gasteiger partial charge in [-0.15, -0.1) is 6.42 Å². The van der Waals surface area contributed by atoms with Gasteiger partial charge in [0.15, 0.2) is 0 Å². The molecular formula is C13H14BrNO. The van der Waals surface area contributed by atoms with E-state index in [9.17, 15) is 4.79 Å². The van der Waals surface area contributed by atoms with E-state index < -0.39 is 5.54 Å². The quantitative estimate of drug-likeness (QED) is 0.829. The number of hydrogen-bond acceptors (Lipinski definition) is 1. The second-order valence-corrected chi connectivity index (χ2v) is 5.16. The third-order valence-corrected chi connectivity index (χ3v) is 2.55. The summed E-state index contributed by atoms with van der Waals surface area (Å²) < 4.78 is 0.885. The predicted octanol–water partition coefficient (Wildman–Crippen LogP) is 2.90. The van der Waals surface area contributed by atoms with Gasteiger partial charge < -0.3 is 5.32 Å². The lowest BCUT2D eigenvalue weighted by Crippen LogP contribution is -2.42. The largest absolute Gasteiger partial charge is 0.336 e. The number of amides is 1. The molecule has 0 fully saturated rings. The number of benzene rings is 1. The lowest BCUT2D eigenvalue weighted by Gasteiger charge is -2.19. The van der Waals surface area contributed by atoms with Crippen LogP contribution in [0.25, 0.3) is 0 Å². The molecule has 0 bridgehead atoms. The SMILES string of the molecule is C#CC(C)(C)NC(=O)c1cc(C)cc(Br)c1. The number of nitrogens with one attached hydrogen (secondary N) is 1. The monoisotopic (exact) mass is 279 g/mol. The van der Waals surface area contributed by atoms with Crippen LogP contribution >= 0.6 is 15.9 Å². The van der Waals surface area contributed by atoms with Crippen molar-refractivity contribution in [1.29, 1.82) is 0 Å². The van der Waals surface area contributed by atoms with Crippen molar-refractivity contribution in [3.05, 3.63) is 33.8 Å². The predicted molar refractivity (Wildman–Crippen MR) is 69.3 cm³/mol. The van der Waals surface area contributed by atoms with Gasteiger partial charge in [-0.05, 0) is 44.5 Å². The van der Waals surface area contributed by atoms with Crippen LogP contribution in [0, 0.1) is 19.3 Å². The first-order valence-corrected chi connectivity index (χ1v) is 5.71. The van der Waals surface area contributed by atoms with Crippen LogP contribution in [0.15, 0.2) is 22.7 Å². The van der Waals surface area contributed by atoms with Gasteiger partial charge in [-0.25, -0.2) is 0 Å². The zero-order chi connectivity index (χ0) is 12.3. The number of carbonyl (C=O) groups is 1. The van der Waals surface area contributed by atoms with Gasteiger partial charge >= 0.3 is 0 Å². The molecule has 1 N–H and O–H groups in total. The van der Waals surface area contributed by atoms with Gasteiger partial charge in [0.25, 0.3) is 5.91 Å². The van der Waals surface area contributed by atoms with Crippen LogP contribution in [-0.2, 0) is 0 Å². The number of carbonyl (C=O) groups excluding carboxylic acids is 1. The van der Waals surface area contributed by atoms with Gasteiger partial charge in [-0.3, -0.25) is 4.79 Å². The highest BCUT2D eigenvalue weighted by Gasteiger charge is 2.18. The molecular weight excluding hydrogens is 266 g/mol. The molecule has 1 aromatic rings. The Labute approximate surface area is 105 Å². The fourth-order valence-electron chi connectivity index (χ4n) is 1.26. The summed E-state index contributed by atoms with van der Waals surface area (Å²) >= 11 is 3.36. The molecule has 2 nitrogen and oxygen atoms in total. The average molecular weight is 280 g/mol. The van der Waals surface area contributed by atoms with E-state index in [4.69, 9.17) is 6.42 Å². The molecule has 3 heteroatoms. The Morgan fingerprint density at radius 3 is 2.56 bits per heavy atom. The molecule has 0 saturated carbocycles. The second kappa shape index (κ2) is 4.71. The highest BCUT2D eigenvalue weighted by Crippen LogP contribution is 2.16. The standard InChI is InChI=1S/C13H14BrNO/c1-5-13(3,4)15-12(16)10-6-9(2)7-11(14)8-10/h1,6-8H,2-4H3,(H,15,16). The average Bonchev–Trinajstić information content (AvgIpc) is 2.15. The van der Waals surface area contributed by atoms with Crippen LogP contribution in [0.1, 0.15) is 29.8 Å².